The Morgan fingerprint density at radius 1 is 1.07 bits per heavy atom. The maximum Gasteiger partial charge on any atom is 0.421 e. The lowest BCUT2D eigenvalue weighted by atomic mass is 9.90. The molecule has 2 rings (SSSR count). The van der Waals surface area contributed by atoms with Crippen LogP contribution < -0.4 is 16.2 Å². The van der Waals surface area contributed by atoms with Crippen LogP contribution in [0.5, 0.6) is 0 Å². The summed E-state index contributed by atoms with van der Waals surface area (Å²) in [7, 11) is 0. The Hall–Kier alpha value is -2.61. The van der Waals surface area contributed by atoms with Crippen LogP contribution in [0, 0.1) is 0 Å². The fourth-order valence-electron chi connectivity index (χ4n) is 3.39. The number of rotatable bonds is 9. The van der Waals surface area contributed by atoms with E-state index in [1.54, 1.807) is 0 Å². The molecule has 5 nitrogen and oxygen atoms in total. The van der Waals surface area contributed by atoms with Gasteiger partial charge < -0.3 is 15.2 Å². The van der Waals surface area contributed by atoms with E-state index in [0.717, 1.165) is 29.0 Å². The lowest BCUT2D eigenvalue weighted by molar-refractivity contribution is -0.139. The quantitative estimate of drug-likeness (QED) is 0.643. The van der Waals surface area contributed by atoms with Crippen molar-refractivity contribution in [1.82, 2.24) is 15.2 Å². The van der Waals surface area contributed by atoms with Crippen LogP contribution in [0.4, 0.5) is 13.2 Å². The lowest BCUT2D eigenvalue weighted by Gasteiger charge is -2.36. The third-order valence-corrected chi connectivity index (χ3v) is 5.44. The fraction of sp³-hybridized carbons (Fsp3) is 0.455. The summed E-state index contributed by atoms with van der Waals surface area (Å²) in [6, 6.07) is 11.8. The summed E-state index contributed by atoms with van der Waals surface area (Å²) in [5.41, 5.74) is -1.78. The number of aromatic nitrogens is 1. The Labute approximate surface area is 174 Å². The predicted octanol–water partition coefficient (Wildman–Crippen LogP) is 3.89. The Kier molecular flexibility index (Phi) is 7.83. The van der Waals surface area contributed by atoms with Crippen LogP contribution in [0.3, 0.4) is 0 Å². The van der Waals surface area contributed by atoms with E-state index in [0.29, 0.717) is 12.6 Å². The summed E-state index contributed by atoms with van der Waals surface area (Å²) in [5, 5.41) is 6.35. The van der Waals surface area contributed by atoms with E-state index in [4.69, 9.17) is 0 Å². The average Bonchev–Trinajstić information content (AvgIpc) is 2.72. The second-order valence-corrected chi connectivity index (χ2v) is 7.39. The van der Waals surface area contributed by atoms with E-state index in [2.05, 4.69) is 10.6 Å². The highest BCUT2D eigenvalue weighted by Gasteiger charge is 2.34. The molecular weight excluding hydrogens is 395 g/mol. The number of pyridine rings is 1. The zero-order valence-electron chi connectivity index (χ0n) is 17.4. The SMILES string of the molecule is CCC(CC)(CNC(=O)Cn1cccc(C(F)(F)F)c1=O)NC(C)c1ccccc1. The van der Waals surface area contributed by atoms with Crippen LogP contribution in [0.25, 0.3) is 0 Å². The third-order valence-electron chi connectivity index (χ3n) is 5.44. The number of nitrogens with zero attached hydrogens (tertiary/aromatic N) is 1. The van der Waals surface area contributed by atoms with Crippen LogP contribution in [0.1, 0.15) is 50.8 Å². The van der Waals surface area contributed by atoms with Crippen molar-refractivity contribution in [2.24, 2.45) is 0 Å². The first kappa shape index (κ1) is 23.7. The molecule has 164 valence electrons. The maximum atomic E-state index is 12.9. The molecule has 2 aromatic rings. The molecule has 0 saturated carbocycles. The molecule has 1 heterocycles. The number of hydrogen-bond acceptors (Lipinski definition) is 3. The topological polar surface area (TPSA) is 63.1 Å². The van der Waals surface area contributed by atoms with Crippen molar-refractivity contribution in [3.63, 3.8) is 0 Å². The van der Waals surface area contributed by atoms with Gasteiger partial charge in [-0.2, -0.15) is 13.2 Å². The van der Waals surface area contributed by atoms with Crippen LogP contribution in [-0.2, 0) is 17.5 Å². The molecule has 0 saturated heterocycles. The van der Waals surface area contributed by atoms with Gasteiger partial charge in [0.25, 0.3) is 5.56 Å². The molecule has 0 radical (unpaired) electrons. The van der Waals surface area contributed by atoms with Gasteiger partial charge in [0.1, 0.15) is 12.1 Å². The molecule has 30 heavy (non-hydrogen) atoms. The summed E-state index contributed by atoms with van der Waals surface area (Å²) in [6.45, 7) is 5.89. The first-order valence-corrected chi connectivity index (χ1v) is 9.98. The van der Waals surface area contributed by atoms with Crippen molar-refractivity contribution in [2.45, 2.75) is 57.9 Å². The molecule has 0 aliphatic rings. The summed E-state index contributed by atoms with van der Waals surface area (Å²) < 4.78 is 39.5. The monoisotopic (exact) mass is 423 g/mol. The van der Waals surface area contributed by atoms with E-state index in [1.165, 1.54) is 6.20 Å². The number of hydrogen-bond donors (Lipinski definition) is 2. The van der Waals surface area contributed by atoms with Gasteiger partial charge in [0, 0.05) is 24.3 Å². The predicted molar refractivity (Wildman–Crippen MR) is 110 cm³/mol. The highest BCUT2D eigenvalue weighted by molar-refractivity contribution is 5.75. The van der Waals surface area contributed by atoms with Gasteiger partial charge in [0.15, 0.2) is 0 Å². The molecule has 1 aromatic carbocycles. The standard InChI is InChI=1S/C22H28F3N3O2/c1-4-21(5-2,27-16(3)17-10-7-6-8-11-17)15-26-19(29)14-28-13-9-12-18(20(28)30)22(23,24)25/h6-13,16,27H,4-5,14-15H2,1-3H3,(H,26,29). The Bertz CT molecular complexity index is 890. The van der Waals surface area contributed by atoms with E-state index >= 15 is 0 Å². The van der Waals surface area contributed by atoms with Gasteiger partial charge in [-0.25, -0.2) is 0 Å². The summed E-state index contributed by atoms with van der Waals surface area (Å²) >= 11 is 0. The Morgan fingerprint density at radius 3 is 2.27 bits per heavy atom. The first-order chi connectivity index (χ1) is 14.1. The molecule has 1 amide bonds. The molecule has 1 atom stereocenters. The molecule has 8 heteroatoms. The van der Waals surface area contributed by atoms with E-state index in [-0.39, 0.29) is 11.6 Å². The van der Waals surface area contributed by atoms with Gasteiger partial charge in [-0.1, -0.05) is 44.2 Å². The first-order valence-electron chi connectivity index (χ1n) is 9.98. The zero-order chi connectivity index (χ0) is 22.4. The lowest BCUT2D eigenvalue weighted by Crippen LogP contribution is -2.54. The van der Waals surface area contributed by atoms with Crippen molar-refractivity contribution in [1.29, 1.82) is 0 Å². The summed E-state index contributed by atoms with van der Waals surface area (Å²) in [6.07, 6.45) is -2.09. The summed E-state index contributed by atoms with van der Waals surface area (Å²) in [5.74, 6) is -0.517. The third kappa shape index (κ3) is 5.95. The average molecular weight is 423 g/mol. The molecule has 1 aromatic heterocycles. The van der Waals surface area contributed by atoms with Crippen LogP contribution >= 0.6 is 0 Å². The van der Waals surface area contributed by atoms with Crippen molar-refractivity contribution in [3.05, 3.63) is 70.1 Å². The van der Waals surface area contributed by atoms with E-state index < -0.39 is 29.8 Å². The number of benzene rings is 1. The van der Waals surface area contributed by atoms with Gasteiger partial charge in [-0.05, 0) is 37.5 Å². The van der Waals surface area contributed by atoms with Crippen molar-refractivity contribution >= 4 is 5.91 Å². The number of nitrogens with one attached hydrogen (secondary N) is 2. The number of amides is 1. The number of halogens is 3. The Balaban J connectivity index is 2.06. The van der Waals surface area contributed by atoms with Gasteiger partial charge in [0.2, 0.25) is 5.91 Å². The normalized spacial score (nSPS) is 13.1. The minimum Gasteiger partial charge on any atom is -0.353 e. The molecule has 0 aliphatic carbocycles. The van der Waals surface area contributed by atoms with Crippen LogP contribution in [0.15, 0.2) is 53.5 Å². The molecule has 0 bridgehead atoms. The van der Waals surface area contributed by atoms with Crippen molar-refractivity contribution < 1.29 is 18.0 Å². The van der Waals surface area contributed by atoms with Crippen molar-refractivity contribution in [2.75, 3.05) is 6.54 Å². The fourth-order valence-corrected chi connectivity index (χ4v) is 3.39. The minimum absolute atomic E-state index is 0.0501. The highest BCUT2D eigenvalue weighted by Crippen LogP contribution is 2.26. The molecule has 0 spiro atoms. The van der Waals surface area contributed by atoms with Crippen LogP contribution in [-0.4, -0.2) is 22.6 Å². The maximum absolute atomic E-state index is 12.9. The van der Waals surface area contributed by atoms with Gasteiger partial charge in [-0.3, -0.25) is 9.59 Å². The van der Waals surface area contributed by atoms with Crippen molar-refractivity contribution in [3.8, 4) is 0 Å². The number of alkyl halides is 3. The second-order valence-electron chi connectivity index (χ2n) is 7.39. The minimum atomic E-state index is -4.76. The Morgan fingerprint density at radius 2 is 1.70 bits per heavy atom. The number of carbonyl (C=O) groups is 1. The molecule has 2 N–H and O–H groups in total. The highest BCUT2D eigenvalue weighted by atomic mass is 19.4. The molecular formula is C22H28F3N3O2. The zero-order valence-corrected chi connectivity index (χ0v) is 17.4. The second kappa shape index (κ2) is 9.93. The molecule has 0 fully saturated rings. The smallest absolute Gasteiger partial charge is 0.353 e. The van der Waals surface area contributed by atoms with Gasteiger partial charge >= 0.3 is 6.18 Å². The van der Waals surface area contributed by atoms with E-state index in [9.17, 15) is 22.8 Å². The molecule has 1 unspecified atom stereocenters. The van der Waals surface area contributed by atoms with E-state index in [1.807, 2.05) is 51.1 Å². The van der Waals surface area contributed by atoms with Crippen LogP contribution in [0.2, 0.25) is 0 Å². The number of carbonyl (C=O) groups excluding carboxylic acids is 1. The van der Waals surface area contributed by atoms with Gasteiger partial charge in [-0.15, -0.1) is 0 Å². The molecule has 0 aliphatic heterocycles. The largest absolute Gasteiger partial charge is 0.421 e. The summed E-state index contributed by atoms with van der Waals surface area (Å²) in [4.78, 5) is 24.4. The van der Waals surface area contributed by atoms with Gasteiger partial charge in [0.05, 0.1) is 0 Å².